The van der Waals surface area contributed by atoms with Crippen molar-refractivity contribution in [3.63, 3.8) is 0 Å². The number of hydrogen-bond donors (Lipinski definition) is 1. The summed E-state index contributed by atoms with van der Waals surface area (Å²) in [6.07, 6.45) is 3.52. The summed E-state index contributed by atoms with van der Waals surface area (Å²) in [4.78, 5) is 29.3. The number of benzene rings is 1. The van der Waals surface area contributed by atoms with Gasteiger partial charge >= 0.3 is 6.03 Å². The highest BCUT2D eigenvalue weighted by Crippen LogP contribution is 2.18. The average molecular weight is 430 g/mol. The number of anilines is 1. The molecule has 8 nitrogen and oxygen atoms in total. The Morgan fingerprint density at radius 3 is 2.58 bits per heavy atom. The minimum Gasteiger partial charge on any atom is -0.497 e. The number of carbonyl (C=O) groups is 2. The largest absolute Gasteiger partial charge is 0.497 e. The van der Waals surface area contributed by atoms with Crippen molar-refractivity contribution in [1.82, 2.24) is 9.80 Å². The van der Waals surface area contributed by atoms with E-state index in [1.54, 1.807) is 48.6 Å². The third-order valence-electron chi connectivity index (χ3n) is 5.26. The minimum atomic E-state index is -0.330. The van der Waals surface area contributed by atoms with Gasteiger partial charge in [0.2, 0.25) is 5.91 Å². The molecule has 0 bridgehead atoms. The van der Waals surface area contributed by atoms with E-state index < -0.39 is 0 Å². The molecule has 3 amide bonds. The van der Waals surface area contributed by atoms with Crippen LogP contribution in [0.5, 0.6) is 5.75 Å². The summed E-state index contributed by atoms with van der Waals surface area (Å²) < 4.78 is 16.3. The maximum atomic E-state index is 13.2. The van der Waals surface area contributed by atoms with Crippen LogP contribution in [0.2, 0.25) is 0 Å². The number of carbonyl (C=O) groups excluding carboxylic acids is 2. The number of urea groups is 1. The Morgan fingerprint density at radius 2 is 2.00 bits per heavy atom. The second kappa shape index (κ2) is 10.9. The van der Waals surface area contributed by atoms with Gasteiger partial charge in [-0.05, 0) is 63.1 Å². The molecule has 1 fully saturated rings. The number of nitrogens with zero attached hydrogens (tertiary/aromatic N) is 2. The second-order valence-corrected chi connectivity index (χ2v) is 7.87. The maximum absolute atomic E-state index is 13.2. The van der Waals surface area contributed by atoms with Gasteiger partial charge in [-0.1, -0.05) is 0 Å². The number of furan rings is 1. The molecule has 0 aliphatic carbocycles. The van der Waals surface area contributed by atoms with E-state index in [4.69, 9.17) is 13.9 Å². The van der Waals surface area contributed by atoms with Crippen molar-refractivity contribution in [2.45, 2.75) is 45.4 Å². The van der Waals surface area contributed by atoms with Gasteiger partial charge in [0, 0.05) is 24.9 Å². The molecule has 2 aromatic rings. The fourth-order valence-corrected chi connectivity index (χ4v) is 3.48. The lowest BCUT2D eigenvalue weighted by atomic mass is 10.2. The summed E-state index contributed by atoms with van der Waals surface area (Å²) >= 11 is 0. The van der Waals surface area contributed by atoms with Gasteiger partial charge in [-0.2, -0.15) is 0 Å². The first kappa shape index (κ1) is 22.7. The Bertz CT molecular complexity index is 829. The fourth-order valence-electron chi connectivity index (χ4n) is 3.48. The van der Waals surface area contributed by atoms with Gasteiger partial charge in [0.25, 0.3) is 0 Å². The number of methoxy groups -OCH3 is 1. The lowest BCUT2D eigenvalue weighted by Crippen LogP contribution is -2.48. The van der Waals surface area contributed by atoms with E-state index in [0.717, 1.165) is 19.4 Å². The van der Waals surface area contributed by atoms with E-state index in [0.29, 0.717) is 30.3 Å². The van der Waals surface area contributed by atoms with Crippen molar-refractivity contribution in [2.24, 2.45) is 0 Å². The number of nitrogens with one attached hydrogen (secondary N) is 1. The monoisotopic (exact) mass is 429 g/mol. The zero-order valence-corrected chi connectivity index (χ0v) is 18.4. The highest BCUT2D eigenvalue weighted by Gasteiger charge is 2.27. The lowest BCUT2D eigenvalue weighted by Gasteiger charge is -2.30. The van der Waals surface area contributed by atoms with E-state index in [2.05, 4.69) is 5.32 Å². The van der Waals surface area contributed by atoms with Crippen LogP contribution in [-0.2, 0) is 16.1 Å². The summed E-state index contributed by atoms with van der Waals surface area (Å²) in [5.41, 5.74) is 0.635. The predicted molar refractivity (Wildman–Crippen MR) is 117 cm³/mol. The zero-order valence-electron chi connectivity index (χ0n) is 18.4. The summed E-state index contributed by atoms with van der Waals surface area (Å²) in [6.45, 7) is 5.28. The molecule has 31 heavy (non-hydrogen) atoms. The summed E-state index contributed by atoms with van der Waals surface area (Å²) in [7, 11) is 1.59. The van der Waals surface area contributed by atoms with E-state index in [1.807, 2.05) is 19.9 Å². The number of hydrogen-bond acceptors (Lipinski definition) is 5. The van der Waals surface area contributed by atoms with Gasteiger partial charge in [-0.25, -0.2) is 4.79 Å². The fraction of sp³-hybridized carbons (Fsp3) is 0.478. The normalized spacial score (nSPS) is 15.7. The van der Waals surface area contributed by atoms with Crippen LogP contribution in [0.25, 0.3) is 0 Å². The maximum Gasteiger partial charge on any atom is 0.322 e. The first-order valence-corrected chi connectivity index (χ1v) is 10.6. The minimum absolute atomic E-state index is 0.0135. The van der Waals surface area contributed by atoms with Crippen LogP contribution >= 0.6 is 0 Å². The van der Waals surface area contributed by atoms with Gasteiger partial charge in [0.05, 0.1) is 26.0 Å². The molecule has 0 saturated carbocycles. The molecule has 1 aromatic heterocycles. The molecule has 1 aliphatic heterocycles. The van der Waals surface area contributed by atoms with Crippen molar-refractivity contribution in [2.75, 3.05) is 32.1 Å². The van der Waals surface area contributed by atoms with Gasteiger partial charge in [0.1, 0.15) is 18.1 Å². The molecule has 1 saturated heterocycles. The summed E-state index contributed by atoms with van der Waals surface area (Å²) in [6, 6.07) is 10.2. The molecule has 0 radical (unpaired) electrons. The highest BCUT2D eigenvalue weighted by molar-refractivity contribution is 5.92. The van der Waals surface area contributed by atoms with Crippen LogP contribution in [0.4, 0.5) is 10.5 Å². The molecule has 3 rings (SSSR count). The number of amides is 3. The molecular formula is C23H31N3O5. The smallest absolute Gasteiger partial charge is 0.322 e. The molecule has 168 valence electrons. The zero-order chi connectivity index (χ0) is 22.2. The molecular weight excluding hydrogens is 398 g/mol. The lowest BCUT2D eigenvalue weighted by molar-refractivity contribution is -0.134. The van der Waals surface area contributed by atoms with Crippen molar-refractivity contribution < 1.29 is 23.5 Å². The SMILES string of the molecule is COc1ccc(NC(=O)N(CC(=O)N(Cc2ccco2)CC2CCCO2)C(C)C)cc1. The topological polar surface area (TPSA) is 84.3 Å². The van der Waals surface area contributed by atoms with Crippen molar-refractivity contribution >= 4 is 17.6 Å². The van der Waals surface area contributed by atoms with Crippen molar-refractivity contribution in [1.29, 1.82) is 0 Å². The second-order valence-electron chi connectivity index (χ2n) is 7.87. The van der Waals surface area contributed by atoms with E-state index >= 15 is 0 Å². The standard InChI is InChI=1S/C23H31N3O5/c1-17(2)26(23(28)24-18-8-10-19(29-3)11-9-18)16-22(27)25(14-20-6-4-12-30-20)15-21-7-5-13-31-21/h4,6,8-12,17,21H,5,7,13-16H2,1-3H3,(H,24,28). The Balaban J connectivity index is 1.67. The molecule has 1 aliphatic rings. The van der Waals surface area contributed by atoms with Crippen LogP contribution < -0.4 is 10.1 Å². The van der Waals surface area contributed by atoms with Crippen molar-refractivity contribution in [3.05, 3.63) is 48.4 Å². The van der Waals surface area contributed by atoms with Crippen molar-refractivity contribution in [3.8, 4) is 5.75 Å². The third kappa shape index (κ3) is 6.49. The average Bonchev–Trinajstić information content (AvgIpc) is 3.46. The number of rotatable bonds is 9. The Labute approximate surface area is 183 Å². The number of ether oxygens (including phenoxy) is 2. The molecule has 1 aromatic carbocycles. The van der Waals surface area contributed by atoms with Crippen LogP contribution in [0, 0.1) is 0 Å². The highest BCUT2D eigenvalue weighted by atomic mass is 16.5. The molecule has 8 heteroatoms. The van der Waals surface area contributed by atoms with Gasteiger partial charge in [-0.15, -0.1) is 0 Å². The van der Waals surface area contributed by atoms with Crippen LogP contribution in [-0.4, -0.2) is 60.7 Å². The molecule has 2 heterocycles. The van der Waals surface area contributed by atoms with Gasteiger partial charge in [0.15, 0.2) is 0 Å². The first-order valence-electron chi connectivity index (χ1n) is 10.6. The van der Waals surface area contributed by atoms with Gasteiger partial charge < -0.3 is 29.0 Å². The molecule has 0 spiro atoms. The predicted octanol–water partition coefficient (Wildman–Crippen LogP) is 3.74. The third-order valence-corrected chi connectivity index (χ3v) is 5.26. The molecule has 1 atom stereocenters. The Hall–Kier alpha value is -3.00. The van der Waals surface area contributed by atoms with Gasteiger partial charge in [-0.3, -0.25) is 4.79 Å². The molecule has 1 unspecified atom stereocenters. The van der Waals surface area contributed by atoms with E-state index in [1.165, 1.54) is 4.90 Å². The van der Waals surface area contributed by atoms with E-state index in [9.17, 15) is 9.59 Å². The first-order chi connectivity index (χ1) is 15.0. The molecule has 1 N–H and O–H groups in total. The summed E-state index contributed by atoms with van der Waals surface area (Å²) in [5, 5.41) is 2.86. The summed E-state index contributed by atoms with van der Waals surface area (Å²) in [5.74, 6) is 1.26. The van der Waals surface area contributed by atoms with E-state index in [-0.39, 0.29) is 30.6 Å². The quantitative estimate of drug-likeness (QED) is 0.656. The Kier molecular flexibility index (Phi) is 7.94. The van der Waals surface area contributed by atoms with Crippen LogP contribution in [0.15, 0.2) is 47.1 Å². The van der Waals surface area contributed by atoms with Crippen LogP contribution in [0.1, 0.15) is 32.4 Å². The Morgan fingerprint density at radius 1 is 1.23 bits per heavy atom. The van der Waals surface area contributed by atoms with Crippen LogP contribution in [0.3, 0.4) is 0 Å².